The molecule has 1 aromatic rings. The molecule has 0 aliphatic carbocycles. The zero-order valence-electron chi connectivity index (χ0n) is 12.5. The predicted octanol–water partition coefficient (Wildman–Crippen LogP) is 2.03. The molecule has 1 aromatic heterocycles. The molecule has 1 aliphatic rings. The summed E-state index contributed by atoms with van der Waals surface area (Å²) in [6, 6.07) is 5.68. The second-order valence-corrected chi connectivity index (χ2v) is 5.73. The van der Waals surface area contributed by atoms with Gasteiger partial charge in [-0.25, -0.2) is 9.78 Å². The molecule has 0 bridgehead atoms. The van der Waals surface area contributed by atoms with Crippen LogP contribution < -0.4 is 0 Å². The highest BCUT2D eigenvalue weighted by atomic mass is 16.4. The van der Waals surface area contributed by atoms with Crippen molar-refractivity contribution in [2.75, 3.05) is 13.1 Å². The Kier molecular flexibility index (Phi) is 5.73. The number of amides is 1. The number of nitriles is 1. The van der Waals surface area contributed by atoms with Gasteiger partial charge in [0, 0.05) is 19.3 Å². The van der Waals surface area contributed by atoms with Gasteiger partial charge in [0.1, 0.15) is 11.8 Å². The van der Waals surface area contributed by atoms with Gasteiger partial charge in [0.25, 0.3) is 0 Å². The summed E-state index contributed by atoms with van der Waals surface area (Å²) in [5.41, 5.74) is 1.47. The number of aliphatic hydroxyl groups excluding tert-OH is 1. The zero-order chi connectivity index (χ0) is 15.9. The van der Waals surface area contributed by atoms with Gasteiger partial charge in [0.2, 0.25) is 0 Å². The van der Waals surface area contributed by atoms with E-state index in [9.17, 15) is 9.90 Å². The van der Waals surface area contributed by atoms with E-state index in [2.05, 4.69) is 4.98 Å². The predicted molar refractivity (Wildman–Crippen MR) is 80.2 cm³/mol. The van der Waals surface area contributed by atoms with Gasteiger partial charge in [-0.05, 0) is 55.7 Å². The van der Waals surface area contributed by atoms with E-state index in [1.807, 2.05) is 12.1 Å². The lowest BCUT2D eigenvalue weighted by atomic mass is 9.88. The molecule has 1 saturated heterocycles. The number of aliphatic hydroxyl groups is 1. The second-order valence-electron chi connectivity index (χ2n) is 5.73. The molecule has 118 valence electrons. The molecule has 6 nitrogen and oxygen atoms in total. The van der Waals surface area contributed by atoms with Crippen LogP contribution in [0.1, 0.15) is 36.9 Å². The van der Waals surface area contributed by atoms with Gasteiger partial charge in [-0.3, -0.25) is 0 Å². The van der Waals surface area contributed by atoms with E-state index in [0.29, 0.717) is 25.2 Å². The monoisotopic (exact) mass is 303 g/mol. The second kappa shape index (κ2) is 7.76. The molecule has 1 unspecified atom stereocenters. The van der Waals surface area contributed by atoms with Crippen LogP contribution in [0.2, 0.25) is 0 Å². The summed E-state index contributed by atoms with van der Waals surface area (Å²) >= 11 is 0. The first kappa shape index (κ1) is 16.2. The van der Waals surface area contributed by atoms with Gasteiger partial charge in [-0.15, -0.1) is 0 Å². The van der Waals surface area contributed by atoms with Crippen LogP contribution in [0.25, 0.3) is 0 Å². The van der Waals surface area contributed by atoms with Crippen molar-refractivity contribution in [3.63, 3.8) is 0 Å². The maximum Gasteiger partial charge on any atom is 0.407 e. The fraction of sp³-hybridized carbons (Fsp3) is 0.562. The third kappa shape index (κ3) is 4.43. The van der Waals surface area contributed by atoms with E-state index in [-0.39, 0.29) is 12.0 Å². The van der Waals surface area contributed by atoms with Crippen LogP contribution in [0.4, 0.5) is 4.79 Å². The number of aryl methyl sites for hydroxylation is 1. The average molecular weight is 303 g/mol. The first-order valence-corrected chi connectivity index (χ1v) is 7.61. The van der Waals surface area contributed by atoms with Crippen molar-refractivity contribution in [3.8, 4) is 6.07 Å². The standard InChI is InChI=1S/C16H21N3O3/c17-11-14-10-12(4-7-18-14)2-1-3-15(20)13-5-8-19(9-6-13)16(21)22/h4,7,10,13,15,20H,1-3,5-6,8-9H2,(H,21,22). The molecule has 22 heavy (non-hydrogen) atoms. The molecule has 0 saturated carbocycles. The molecular weight excluding hydrogens is 282 g/mol. The Labute approximate surface area is 130 Å². The van der Waals surface area contributed by atoms with Crippen molar-refractivity contribution in [2.45, 2.75) is 38.2 Å². The van der Waals surface area contributed by atoms with Crippen molar-refractivity contribution in [3.05, 3.63) is 29.6 Å². The molecule has 2 rings (SSSR count). The van der Waals surface area contributed by atoms with Gasteiger partial charge in [-0.2, -0.15) is 5.26 Å². The van der Waals surface area contributed by atoms with Gasteiger partial charge < -0.3 is 15.1 Å². The average Bonchev–Trinajstić information content (AvgIpc) is 2.55. The van der Waals surface area contributed by atoms with E-state index in [1.54, 1.807) is 12.3 Å². The molecule has 2 N–H and O–H groups in total. The summed E-state index contributed by atoms with van der Waals surface area (Å²) in [6.07, 6.45) is 4.17. The summed E-state index contributed by atoms with van der Waals surface area (Å²) in [4.78, 5) is 16.2. The first-order chi connectivity index (χ1) is 10.6. The minimum Gasteiger partial charge on any atom is -0.465 e. The Morgan fingerprint density at radius 3 is 2.86 bits per heavy atom. The summed E-state index contributed by atoms with van der Waals surface area (Å²) < 4.78 is 0. The summed E-state index contributed by atoms with van der Waals surface area (Å²) in [6.45, 7) is 1.01. The molecule has 1 amide bonds. The van der Waals surface area contributed by atoms with Crippen LogP contribution in [-0.2, 0) is 6.42 Å². The summed E-state index contributed by atoms with van der Waals surface area (Å²) in [7, 11) is 0. The number of carbonyl (C=O) groups is 1. The van der Waals surface area contributed by atoms with Crippen molar-refractivity contribution in [2.24, 2.45) is 5.92 Å². The molecular formula is C16H21N3O3. The molecule has 2 heterocycles. The van der Waals surface area contributed by atoms with E-state index < -0.39 is 6.09 Å². The fourth-order valence-corrected chi connectivity index (χ4v) is 2.92. The highest BCUT2D eigenvalue weighted by Gasteiger charge is 2.26. The van der Waals surface area contributed by atoms with Gasteiger partial charge >= 0.3 is 6.09 Å². The molecule has 1 fully saturated rings. The van der Waals surface area contributed by atoms with Gasteiger partial charge in [0.15, 0.2) is 0 Å². The number of hydrogen-bond acceptors (Lipinski definition) is 4. The number of nitrogens with zero attached hydrogens (tertiary/aromatic N) is 3. The minimum absolute atomic E-state index is 0.183. The normalized spacial score (nSPS) is 17.0. The van der Waals surface area contributed by atoms with Crippen LogP contribution >= 0.6 is 0 Å². The minimum atomic E-state index is -0.876. The number of likely N-dealkylation sites (tertiary alicyclic amines) is 1. The third-order valence-corrected chi connectivity index (χ3v) is 4.26. The summed E-state index contributed by atoms with van der Waals surface area (Å²) in [5, 5.41) is 28.0. The van der Waals surface area contributed by atoms with E-state index in [0.717, 1.165) is 31.2 Å². The number of rotatable bonds is 5. The lowest BCUT2D eigenvalue weighted by Gasteiger charge is -2.32. The third-order valence-electron chi connectivity index (χ3n) is 4.26. The van der Waals surface area contributed by atoms with Gasteiger partial charge in [0.05, 0.1) is 6.10 Å². The van der Waals surface area contributed by atoms with Crippen molar-refractivity contribution < 1.29 is 15.0 Å². The van der Waals surface area contributed by atoms with Crippen molar-refractivity contribution in [1.82, 2.24) is 9.88 Å². The van der Waals surface area contributed by atoms with Crippen LogP contribution in [0.3, 0.4) is 0 Å². The van der Waals surface area contributed by atoms with E-state index in [1.165, 1.54) is 4.90 Å². The highest BCUT2D eigenvalue weighted by Crippen LogP contribution is 2.23. The molecule has 1 atom stereocenters. The fourth-order valence-electron chi connectivity index (χ4n) is 2.92. The van der Waals surface area contributed by atoms with E-state index >= 15 is 0 Å². The smallest absolute Gasteiger partial charge is 0.407 e. The largest absolute Gasteiger partial charge is 0.465 e. The Bertz CT molecular complexity index is 548. The topological polar surface area (TPSA) is 97.5 Å². The van der Waals surface area contributed by atoms with Crippen molar-refractivity contribution in [1.29, 1.82) is 5.26 Å². The first-order valence-electron chi connectivity index (χ1n) is 7.61. The van der Waals surface area contributed by atoms with Gasteiger partial charge in [-0.1, -0.05) is 0 Å². The van der Waals surface area contributed by atoms with E-state index in [4.69, 9.17) is 10.4 Å². The molecule has 0 spiro atoms. The Morgan fingerprint density at radius 2 is 2.23 bits per heavy atom. The quantitative estimate of drug-likeness (QED) is 0.867. The van der Waals surface area contributed by atoms with Crippen molar-refractivity contribution >= 4 is 6.09 Å². The molecule has 0 radical (unpaired) electrons. The molecule has 1 aliphatic heterocycles. The lowest BCUT2D eigenvalue weighted by Crippen LogP contribution is -2.40. The van der Waals surface area contributed by atoms with Crippen LogP contribution in [0.15, 0.2) is 18.3 Å². The SMILES string of the molecule is N#Cc1cc(CCCC(O)C2CCN(C(=O)O)CC2)ccn1. The lowest BCUT2D eigenvalue weighted by molar-refractivity contribution is 0.0517. The van der Waals surface area contributed by atoms with Crippen LogP contribution in [-0.4, -0.2) is 45.4 Å². The summed E-state index contributed by atoms with van der Waals surface area (Å²) in [5.74, 6) is 0.183. The Hall–Kier alpha value is -2.13. The Morgan fingerprint density at radius 1 is 1.50 bits per heavy atom. The Balaban J connectivity index is 1.73. The number of aromatic nitrogens is 1. The number of piperidine rings is 1. The maximum atomic E-state index is 10.8. The van der Waals surface area contributed by atoms with Crippen LogP contribution in [0.5, 0.6) is 0 Å². The molecule has 6 heteroatoms. The maximum absolute atomic E-state index is 10.8. The highest BCUT2D eigenvalue weighted by molar-refractivity contribution is 5.64. The molecule has 0 aromatic carbocycles. The zero-order valence-corrected chi connectivity index (χ0v) is 12.5. The number of carboxylic acid groups (broad SMARTS) is 1. The number of pyridine rings is 1. The number of hydrogen-bond donors (Lipinski definition) is 2. The van der Waals surface area contributed by atoms with Crippen LogP contribution in [0, 0.1) is 17.2 Å².